The van der Waals surface area contributed by atoms with Crippen LogP contribution in [-0.2, 0) is 0 Å². The van der Waals surface area contributed by atoms with Crippen LogP contribution in [0, 0.1) is 5.82 Å². The lowest BCUT2D eigenvalue weighted by molar-refractivity contribution is 0.0939. The molecule has 0 radical (unpaired) electrons. The van der Waals surface area contributed by atoms with Gasteiger partial charge in [0, 0.05) is 17.5 Å². The van der Waals surface area contributed by atoms with Crippen molar-refractivity contribution in [1.82, 2.24) is 5.32 Å². The van der Waals surface area contributed by atoms with Crippen molar-refractivity contribution < 1.29 is 9.13 Å². The highest BCUT2D eigenvalue weighted by molar-refractivity contribution is 7.17. The molecule has 0 spiro atoms. The Morgan fingerprint density at radius 2 is 1.95 bits per heavy atom. The van der Waals surface area contributed by atoms with Gasteiger partial charge in [0.25, 0.3) is 0 Å². The Hall–Kier alpha value is -1.13. The maximum atomic E-state index is 13.7. The number of thiophene rings is 1. The summed E-state index contributed by atoms with van der Waals surface area (Å²) in [6, 6.07) is 6.47. The molecule has 2 nitrogen and oxygen atoms in total. The molecule has 0 aliphatic carbocycles. The topological polar surface area (TPSA) is 21.3 Å². The first-order valence-electron chi connectivity index (χ1n) is 7.38. The number of rotatable bonds is 2. The number of hydrogen-bond acceptors (Lipinski definition) is 3. The smallest absolute Gasteiger partial charge is 0.141 e. The van der Waals surface area contributed by atoms with Crippen molar-refractivity contribution in [2.24, 2.45) is 0 Å². The van der Waals surface area contributed by atoms with Crippen LogP contribution in [-0.4, -0.2) is 18.2 Å². The molecule has 2 aliphatic rings. The van der Waals surface area contributed by atoms with E-state index in [1.165, 1.54) is 36.7 Å². The van der Waals surface area contributed by atoms with Crippen LogP contribution >= 0.6 is 11.3 Å². The zero-order valence-electron chi connectivity index (χ0n) is 11.3. The molecule has 2 atom stereocenters. The lowest BCUT2D eigenvalue weighted by atomic mass is 9.85. The second-order valence-corrected chi connectivity index (χ2v) is 6.83. The van der Waals surface area contributed by atoms with Gasteiger partial charge in [0.05, 0.1) is 4.70 Å². The molecular weight excluding hydrogens is 273 g/mol. The van der Waals surface area contributed by atoms with E-state index in [0.717, 1.165) is 24.0 Å². The van der Waals surface area contributed by atoms with Crippen molar-refractivity contribution in [1.29, 1.82) is 0 Å². The van der Waals surface area contributed by atoms with E-state index in [-0.39, 0.29) is 11.9 Å². The third-order valence-electron chi connectivity index (χ3n) is 4.49. The lowest BCUT2D eigenvalue weighted by Gasteiger charge is -2.40. The van der Waals surface area contributed by atoms with E-state index >= 15 is 0 Å². The minimum absolute atomic E-state index is 0.149. The second kappa shape index (κ2) is 5.01. The van der Waals surface area contributed by atoms with E-state index in [1.807, 2.05) is 11.4 Å². The first-order chi connectivity index (χ1) is 9.79. The number of piperidine rings is 2. The summed E-state index contributed by atoms with van der Waals surface area (Å²) in [5, 5.41) is 6.52. The summed E-state index contributed by atoms with van der Waals surface area (Å²) >= 11 is 1.44. The third-order valence-corrected chi connectivity index (χ3v) is 5.42. The summed E-state index contributed by atoms with van der Waals surface area (Å²) in [6.45, 7) is 0. The average Bonchev–Trinajstić information content (AvgIpc) is 2.92. The Morgan fingerprint density at radius 1 is 1.15 bits per heavy atom. The monoisotopic (exact) mass is 291 g/mol. The van der Waals surface area contributed by atoms with E-state index < -0.39 is 0 Å². The lowest BCUT2D eigenvalue weighted by Crippen LogP contribution is -2.51. The van der Waals surface area contributed by atoms with Gasteiger partial charge in [0.15, 0.2) is 0 Å². The second-order valence-electron chi connectivity index (χ2n) is 5.91. The van der Waals surface area contributed by atoms with Crippen LogP contribution in [0.3, 0.4) is 0 Å². The summed E-state index contributed by atoms with van der Waals surface area (Å²) in [4.78, 5) is 0. The molecule has 1 aromatic heterocycles. The van der Waals surface area contributed by atoms with Gasteiger partial charge in [-0.1, -0.05) is 6.42 Å². The quantitative estimate of drug-likeness (QED) is 0.899. The van der Waals surface area contributed by atoms with Gasteiger partial charge in [0.1, 0.15) is 17.7 Å². The number of halogens is 1. The fraction of sp³-hybridized carbons (Fsp3) is 0.500. The molecule has 2 fully saturated rings. The highest BCUT2D eigenvalue weighted by Crippen LogP contribution is 2.35. The molecule has 2 aromatic rings. The molecule has 2 unspecified atom stereocenters. The standard InChI is InChI=1S/C16H18FNOS/c17-14-4-5-15(13-6-7-20-16(13)14)19-12-8-10-2-1-3-11(9-12)18-10/h4-7,10-12,18H,1-3,8-9H2. The normalized spacial score (nSPS) is 29.6. The van der Waals surface area contributed by atoms with Gasteiger partial charge in [0.2, 0.25) is 0 Å². The van der Waals surface area contributed by atoms with E-state index in [4.69, 9.17) is 4.74 Å². The number of hydrogen-bond donors (Lipinski definition) is 1. The summed E-state index contributed by atoms with van der Waals surface area (Å²) in [7, 11) is 0. The maximum absolute atomic E-state index is 13.7. The van der Waals surface area contributed by atoms with Crippen molar-refractivity contribution in [3.8, 4) is 5.75 Å². The molecule has 1 aromatic carbocycles. The van der Waals surface area contributed by atoms with Crippen LogP contribution in [0.2, 0.25) is 0 Å². The Bertz CT molecular complexity index is 614. The predicted octanol–water partition coefficient (Wildman–Crippen LogP) is 4.09. The fourth-order valence-corrected chi connectivity index (χ4v) is 4.41. The van der Waals surface area contributed by atoms with Crippen LogP contribution in [0.1, 0.15) is 32.1 Å². The minimum atomic E-state index is -0.149. The van der Waals surface area contributed by atoms with E-state index in [2.05, 4.69) is 5.32 Å². The zero-order chi connectivity index (χ0) is 13.5. The number of nitrogens with one attached hydrogen (secondary N) is 1. The highest BCUT2D eigenvalue weighted by Gasteiger charge is 2.32. The van der Waals surface area contributed by atoms with E-state index in [9.17, 15) is 4.39 Å². The molecule has 20 heavy (non-hydrogen) atoms. The van der Waals surface area contributed by atoms with Crippen LogP contribution < -0.4 is 10.1 Å². The Labute approximate surface area is 121 Å². The van der Waals surface area contributed by atoms with Gasteiger partial charge >= 0.3 is 0 Å². The molecular formula is C16H18FNOS. The number of benzene rings is 1. The van der Waals surface area contributed by atoms with Crippen molar-refractivity contribution in [2.75, 3.05) is 0 Å². The van der Waals surface area contributed by atoms with Crippen molar-refractivity contribution in [2.45, 2.75) is 50.3 Å². The van der Waals surface area contributed by atoms with E-state index in [1.54, 1.807) is 6.07 Å². The van der Waals surface area contributed by atoms with Crippen molar-refractivity contribution in [3.05, 3.63) is 29.4 Å². The third kappa shape index (κ3) is 2.21. The molecule has 0 saturated carbocycles. The largest absolute Gasteiger partial charge is 0.490 e. The van der Waals surface area contributed by atoms with E-state index in [0.29, 0.717) is 16.8 Å². The van der Waals surface area contributed by atoms with Crippen molar-refractivity contribution >= 4 is 21.4 Å². The van der Waals surface area contributed by atoms with Gasteiger partial charge in [-0.2, -0.15) is 0 Å². The Kier molecular flexibility index (Phi) is 3.15. The maximum Gasteiger partial charge on any atom is 0.141 e. The van der Waals surface area contributed by atoms with Crippen LogP contribution in [0.25, 0.3) is 10.1 Å². The summed E-state index contributed by atoms with van der Waals surface area (Å²) in [5.41, 5.74) is 0. The molecule has 4 rings (SSSR count). The molecule has 4 heteroatoms. The number of ether oxygens (including phenoxy) is 1. The highest BCUT2D eigenvalue weighted by atomic mass is 32.1. The molecule has 1 N–H and O–H groups in total. The van der Waals surface area contributed by atoms with Gasteiger partial charge in [-0.15, -0.1) is 11.3 Å². The van der Waals surface area contributed by atoms with Crippen LogP contribution in [0.15, 0.2) is 23.6 Å². The molecule has 2 aliphatic heterocycles. The predicted molar refractivity (Wildman–Crippen MR) is 80.0 cm³/mol. The average molecular weight is 291 g/mol. The molecule has 2 bridgehead atoms. The summed E-state index contributed by atoms with van der Waals surface area (Å²) in [6.07, 6.45) is 6.25. The van der Waals surface area contributed by atoms with Crippen molar-refractivity contribution in [3.63, 3.8) is 0 Å². The summed E-state index contributed by atoms with van der Waals surface area (Å²) in [5.74, 6) is 0.692. The number of fused-ring (bicyclic) bond motifs is 3. The van der Waals surface area contributed by atoms with Crippen LogP contribution in [0.4, 0.5) is 4.39 Å². The Balaban J connectivity index is 1.58. The first kappa shape index (κ1) is 12.6. The Morgan fingerprint density at radius 3 is 2.75 bits per heavy atom. The fourth-order valence-electron chi connectivity index (χ4n) is 3.59. The zero-order valence-corrected chi connectivity index (χ0v) is 12.1. The molecule has 2 saturated heterocycles. The van der Waals surface area contributed by atoms with Crippen LogP contribution in [0.5, 0.6) is 5.75 Å². The minimum Gasteiger partial charge on any atom is -0.490 e. The first-order valence-corrected chi connectivity index (χ1v) is 8.26. The molecule has 3 heterocycles. The SMILES string of the molecule is Fc1ccc(OC2CC3CCCC(C2)N3)c2ccsc12. The van der Waals surface area contributed by atoms with Gasteiger partial charge in [-0.25, -0.2) is 4.39 Å². The molecule has 0 amide bonds. The summed E-state index contributed by atoms with van der Waals surface area (Å²) < 4.78 is 20.6. The van der Waals surface area contributed by atoms with Gasteiger partial charge in [-0.05, 0) is 49.3 Å². The van der Waals surface area contributed by atoms with Gasteiger partial charge in [-0.3, -0.25) is 0 Å². The van der Waals surface area contributed by atoms with Gasteiger partial charge < -0.3 is 10.1 Å². The molecule has 106 valence electrons.